The van der Waals surface area contributed by atoms with Crippen LogP contribution in [0.4, 0.5) is 0 Å². The van der Waals surface area contributed by atoms with Gasteiger partial charge in [-0.25, -0.2) is 0 Å². The highest BCUT2D eigenvalue weighted by molar-refractivity contribution is 5.79. The van der Waals surface area contributed by atoms with Gasteiger partial charge in [0.15, 0.2) is 0 Å². The van der Waals surface area contributed by atoms with Crippen LogP contribution in [0.2, 0.25) is 0 Å². The van der Waals surface area contributed by atoms with Crippen molar-refractivity contribution in [3.05, 3.63) is 0 Å². The van der Waals surface area contributed by atoms with Crippen molar-refractivity contribution in [1.82, 2.24) is 5.32 Å². The van der Waals surface area contributed by atoms with Crippen LogP contribution in [0.1, 0.15) is 65.7 Å². The summed E-state index contributed by atoms with van der Waals surface area (Å²) in [5.74, 6) is 1.13. The van der Waals surface area contributed by atoms with Crippen LogP contribution >= 0.6 is 0 Å². The number of hydrogen-bond donors (Lipinski definition) is 2. The summed E-state index contributed by atoms with van der Waals surface area (Å²) in [4.78, 5) is 12.3. The quantitative estimate of drug-likeness (QED) is 0.766. The molecule has 1 aliphatic carbocycles. The second-order valence-electron chi connectivity index (χ2n) is 5.78. The Kier molecular flexibility index (Phi) is 6.13. The van der Waals surface area contributed by atoms with Gasteiger partial charge in [0.05, 0.1) is 0 Å². The van der Waals surface area contributed by atoms with Crippen LogP contribution in [0.3, 0.4) is 0 Å². The maximum absolute atomic E-state index is 12.3. The predicted molar refractivity (Wildman–Crippen MR) is 76.2 cm³/mol. The number of carbonyl (C=O) groups excluding carboxylic acids is 1. The zero-order valence-corrected chi connectivity index (χ0v) is 12.3. The Labute approximate surface area is 112 Å². The van der Waals surface area contributed by atoms with E-state index >= 15 is 0 Å². The monoisotopic (exact) mass is 254 g/mol. The molecule has 1 aliphatic rings. The summed E-state index contributed by atoms with van der Waals surface area (Å²) in [6.45, 7) is 7.27. The van der Waals surface area contributed by atoms with E-state index in [-0.39, 0.29) is 17.4 Å². The number of rotatable bonds is 6. The molecule has 0 spiro atoms. The molecule has 0 saturated heterocycles. The van der Waals surface area contributed by atoms with E-state index in [0.29, 0.717) is 5.92 Å². The van der Waals surface area contributed by atoms with Crippen molar-refractivity contribution in [3.8, 4) is 0 Å². The molecule has 0 heterocycles. The summed E-state index contributed by atoms with van der Waals surface area (Å²) in [5, 5.41) is 3.31. The first kappa shape index (κ1) is 15.5. The van der Waals surface area contributed by atoms with Crippen molar-refractivity contribution in [1.29, 1.82) is 0 Å². The minimum Gasteiger partial charge on any atom is -0.350 e. The minimum atomic E-state index is 0.0157. The van der Waals surface area contributed by atoms with Gasteiger partial charge in [0, 0.05) is 11.5 Å². The summed E-state index contributed by atoms with van der Waals surface area (Å²) < 4.78 is 0. The van der Waals surface area contributed by atoms with E-state index in [1.54, 1.807) is 0 Å². The summed E-state index contributed by atoms with van der Waals surface area (Å²) >= 11 is 0. The molecule has 1 fully saturated rings. The van der Waals surface area contributed by atoms with Crippen LogP contribution in [0.5, 0.6) is 0 Å². The van der Waals surface area contributed by atoms with Gasteiger partial charge in [-0.15, -0.1) is 0 Å². The van der Waals surface area contributed by atoms with E-state index in [1.165, 1.54) is 0 Å². The fourth-order valence-electron chi connectivity index (χ4n) is 3.04. The molecule has 0 aliphatic heterocycles. The summed E-state index contributed by atoms with van der Waals surface area (Å²) in [6.07, 6.45) is 7.32. The van der Waals surface area contributed by atoms with Gasteiger partial charge < -0.3 is 11.1 Å². The number of amides is 1. The molecule has 0 bridgehead atoms. The third-order valence-corrected chi connectivity index (χ3v) is 4.97. The van der Waals surface area contributed by atoms with Crippen molar-refractivity contribution < 1.29 is 4.79 Å². The van der Waals surface area contributed by atoms with Gasteiger partial charge in [0.2, 0.25) is 5.91 Å². The molecule has 3 heteroatoms. The molecule has 18 heavy (non-hydrogen) atoms. The molecule has 0 atom stereocenters. The first-order valence-corrected chi connectivity index (χ1v) is 7.62. The lowest BCUT2D eigenvalue weighted by Crippen LogP contribution is -2.49. The fraction of sp³-hybridized carbons (Fsp3) is 0.933. The van der Waals surface area contributed by atoms with Crippen molar-refractivity contribution in [3.63, 3.8) is 0 Å². The number of nitrogens with one attached hydrogen (secondary N) is 1. The summed E-state index contributed by atoms with van der Waals surface area (Å²) in [7, 11) is 0. The first-order chi connectivity index (χ1) is 8.60. The Morgan fingerprint density at radius 2 is 1.61 bits per heavy atom. The normalized spacial score (nSPS) is 24.9. The maximum atomic E-state index is 12.3. The smallest absolute Gasteiger partial charge is 0.223 e. The van der Waals surface area contributed by atoms with Crippen LogP contribution in [0.15, 0.2) is 0 Å². The lowest BCUT2D eigenvalue weighted by atomic mass is 9.80. The maximum Gasteiger partial charge on any atom is 0.223 e. The highest BCUT2D eigenvalue weighted by Crippen LogP contribution is 2.29. The van der Waals surface area contributed by atoms with Gasteiger partial charge >= 0.3 is 0 Å². The molecule has 0 aromatic carbocycles. The van der Waals surface area contributed by atoms with Gasteiger partial charge in [0.25, 0.3) is 0 Å². The molecule has 0 aromatic heterocycles. The Bertz CT molecular complexity index is 245. The highest BCUT2D eigenvalue weighted by Gasteiger charge is 2.31. The van der Waals surface area contributed by atoms with E-state index in [9.17, 15) is 4.79 Å². The molecular formula is C15H30N2O. The molecule has 1 amide bonds. The molecule has 0 unspecified atom stereocenters. The molecule has 3 N–H and O–H groups in total. The van der Waals surface area contributed by atoms with Crippen LogP contribution < -0.4 is 11.1 Å². The average Bonchev–Trinajstić information content (AvgIpc) is 2.45. The Morgan fingerprint density at radius 3 is 2.00 bits per heavy atom. The largest absolute Gasteiger partial charge is 0.350 e. The molecule has 1 rings (SSSR count). The van der Waals surface area contributed by atoms with E-state index in [0.717, 1.165) is 51.5 Å². The van der Waals surface area contributed by atoms with Crippen molar-refractivity contribution in [2.75, 3.05) is 6.54 Å². The zero-order valence-electron chi connectivity index (χ0n) is 12.3. The lowest BCUT2D eigenvalue weighted by Gasteiger charge is -2.35. The van der Waals surface area contributed by atoms with Crippen LogP contribution in [-0.2, 0) is 4.79 Å². The standard InChI is InChI=1S/C15H30N2O/c1-4-15(5-2,6-3)17-14(18)13-9-7-12(11-16)8-10-13/h12-13H,4-11,16H2,1-3H3,(H,17,18). The number of nitrogens with two attached hydrogens (primary N) is 1. The van der Waals surface area contributed by atoms with Crippen LogP contribution in [0, 0.1) is 11.8 Å². The molecule has 0 aromatic rings. The second-order valence-corrected chi connectivity index (χ2v) is 5.78. The fourth-order valence-corrected chi connectivity index (χ4v) is 3.04. The topological polar surface area (TPSA) is 55.1 Å². The average molecular weight is 254 g/mol. The minimum absolute atomic E-state index is 0.0157. The van der Waals surface area contributed by atoms with E-state index in [2.05, 4.69) is 26.1 Å². The first-order valence-electron chi connectivity index (χ1n) is 7.62. The van der Waals surface area contributed by atoms with Crippen molar-refractivity contribution >= 4 is 5.91 Å². The third-order valence-electron chi connectivity index (χ3n) is 4.97. The Hall–Kier alpha value is -0.570. The summed E-state index contributed by atoms with van der Waals surface area (Å²) in [6, 6.07) is 0. The highest BCUT2D eigenvalue weighted by atomic mass is 16.2. The summed E-state index contributed by atoms with van der Waals surface area (Å²) in [5.41, 5.74) is 5.71. The lowest BCUT2D eigenvalue weighted by molar-refractivity contribution is -0.128. The molecule has 0 radical (unpaired) electrons. The van der Waals surface area contributed by atoms with Gasteiger partial charge in [-0.05, 0) is 57.4 Å². The van der Waals surface area contributed by atoms with Crippen LogP contribution in [-0.4, -0.2) is 18.0 Å². The number of hydrogen-bond acceptors (Lipinski definition) is 2. The van der Waals surface area contributed by atoms with E-state index in [4.69, 9.17) is 5.73 Å². The van der Waals surface area contributed by atoms with Gasteiger partial charge in [-0.2, -0.15) is 0 Å². The van der Waals surface area contributed by atoms with Gasteiger partial charge in [-0.1, -0.05) is 20.8 Å². The Balaban J connectivity index is 2.50. The zero-order chi connectivity index (χ0) is 13.6. The van der Waals surface area contributed by atoms with Crippen molar-refractivity contribution in [2.24, 2.45) is 17.6 Å². The SMILES string of the molecule is CCC(CC)(CC)NC(=O)C1CCC(CN)CC1. The molecule has 1 saturated carbocycles. The molecule has 106 valence electrons. The van der Waals surface area contributed by atoms with Gasteiger partial charge in [-0.3, -0.25) is 4.79 Å². The Morgan fingerprint density at radius 1 is 1.11 bits per heavy atom. The number of carbonyl (C=O) groups is 1. The van der Waals surface area contributed by atoms with E-state index < -0.39 is 0 Å². The van der Waals surface area contributed by atoms with E-state index in [1.807, 2.05) is 0 Å². The van der Waals surface area contributed by atoms with Crippen molar-refractivity contribution in [2.45, 2.75) is 71.3 Å². The second kappa shape index (κ2) is 7.13. The molecular weight excluding hydrogens is 224 g/mol. The van der Waals surface area contributed by atoms with Gasteiger partial charge in [0.1, 0.15) is 0 Å². The molecule has 3 nitrogen and oxygen atoms in total. The van der Waals surface area contributed by atoms with Crippen LogP contribution in [0.25, 0.3) is 0 Å². The third kappa shape index (κ3) is 3.71. The predicted octanol–water partition coefficient (Wildman–Crippen LogP) is 2.84.